The first-order valence-corrected chi connectivity index (χ1v) is 4.23. The maximum absolute atomic E-state index is 11.2. The van der Waals surface area contributed by atoms with Crippen molar-refractivity contribution < 1.29 is 20.0 Å². The van der Waals surface area contributed by atoms with Gasteiger partial charge in [-0.1, -0.05) is 0 Å². The van der Waals surface area contributed by atoms with Crippen LogP contribution in [0.2, 0.25) is 0 Å². The predicted octanol–water partition coefficient (Wildman–Crippen LogP) is -0.348. The highest BCUT2D eigenvalue weighted by molar-refractivity contribution is 6.18. The van der Waals surface area contributed by atoms with Gasteiger partial charge in [0.2, 0.25) is 17.2 Å². The van der Waals surface area contributed by atoms with Crippen molar-refractivity contribution in [2.45, 2.75) is 13.8 Å². The quantitative estimate of drug-likeness (QED) is 0.459. The van der Waals surface area contributed by atoms with Gasteiger partial charge in [0.1, 0.15) is 5.57 Å². The van der Waals surface area contributed by atoms with Gasteiger partial charge >= 0.3 is 0 Å². The molecular formula is C10H10NO3+. The second-order valence-corrected chi connectivity index (χ2v) is 3.41. The standard InChI is InChI=1S/C10H9NO3/c1-4-3-5(2)11-7(4)6-8(12)10(14)9(6)13/h3,12,14H,1-2H3/p+1. The van der Waals surface area contributed by atoms with Crippen LogP contribution in [0, 0.1) is 0 Å². The lowest BCUT2D eigenvalue weighted by molar-refractivity contribution is -0.389. The van der Waals surface area contributed by atoms with Crippen molar-refractivity contribution in [3.63, 3.8) is 0 Å². The van der Waals surface area contributed by atoms with Crippen LogP contribution in [0.4, 0.5) is 0 Å². The van der Waals surface area contributed by atoms with Crippen molar-refractivity contribution in [2.24, 2.45) is 0 Å². The van der Waals surface area contributed by atoms with Crippen molar-refractivity contribution in [3.05, 3.63) is 34.4 Å². The van der Waals surface area contributed by atoms with Gasteiger partial charge in [0.05, 0.1) is 0 Å². The monoisotopic (exact) mass is 192 g/mol. The Hall–Kier alpha value is -1.84. The maximum atomic E-state index is 11.2. The molecule has 4 nitrogen and oxygen atoms in total. The number of hydrogen-bond acceptors (Lipinski definition) is 3. The van der Waals surface area contributed by atoms with Crippen molar-refractivity contribution in [1.29, 1.82) is 0 Å². The number of rotatable bonds is 0. The minimum Gasteiger partial charge on any atom is -0.503 e. The Morgan fingerprint density at radius 3 is 2.29 bits per heavy atom. The van der Waals surface area contributed by atoms with E-state index in [9.17, 15) is 9.90 Å². The fraction of sp³-hybridized carbons (Fsp3) is 0.200. The number of ketones is 1. The Morgan fingerprint density at radius 2 is 1.86 bits per heavy atom. The van der Waals surface area contributed by atoms with Crippen LogP contribution >= 0.6 is 0 Å². The second-order valence-electron chi connectivity index (χ2n) is 3.41. The average molecular weight is 192 g/mol. The van der Waals surface area contributed by atoms with Gasteiger partial charge in [0, 0.05) is 18.6 Å². The summed E-state index contributed by atoms with van der Waals surface area (Å²) >= 11 is 0. The molecule has 1 heterocycles. The number of aliphatic hydroxyl groups is 2. The summed E-state index contributed by atoms with van der Waals surface area (Å²) in [6.45, 7) is 3.70. The molecular weight excluding hydrogens is 182 g/mol. The van der Waals surface area contributed by atoms with E-state index in [1.165, 1.54) is 0 Å². The van der Waals surface area contributed by atoms with E-state index >= 15 is 0 Å². The molecule has 0 unspecified atom stereocenters. The summed E-state index contributed by atoms with van der Waals surface area (Å²) in [5.41, 5.74) is 2.55. The fourth-order valence-electron chi connectivity index (χ4n) is 1.61. The van der Waals surface area contributed by atoms with Gasteiger partial charge in [-0.15, -0.1) is 0 Å². The van der Waals surface area contributed by atoms with E-state index < -0.39 is 11.5 Å². The number of allylic oxidation sites excluding steroid dienone is 4. The number of carbonyl (C=O) groups is 1. The van der Waals surface area contributed by atoms with Crippen LogP contribution in [0.1, 0.15) is 13.8 Å². The Morgan fingerprint density at radius 1 is 1.21 bits per heavy atom. The Labute approximate surface area is 80.6 Å². The lowest BCUT2D eigenvalue weighted by Crippen LogP contribution is -2.68. The molecule has 0 saturated heterocycles. The van der Waals surface area contributed by atoms with E-state index in [2.05, 4.69) is 4.99 Å². The van der Waals surface area contributed by atoms with Gasteiger partial charge in [0.15, 0.2) is 11.5 Å². The van der Waals surface area contributed by atoms with Crippen molar-refractivity contribution >= 4 is 11.5 Å². The predicted molar refractivity (Wildman–Crippen MR) is 49.7 cm³/mol. The zero-order valence-electron chi connectivity index (χ0n) is 7.88. The first-order chi connectivity index (χ1) is 6.52. The van der Waals surface area contributed by atoms with E-state index in [-0.39, 0.29) is 11.3 Å². The molecule has 2 rings (SSSR count). The Bertz CT molecular complexity index is 460. The summed E-state index contributed by atoms with van der Waals surface area (Å²) in [7, 11) is 0. The van der Waals surface area contributed by atoms with Crippen LogP contribution < -0.4 is 4.99 Å². The lowest BCUT2D eigenvalue weighted by atomic mass is 9.92. The topological polar surface area (TPSA) is 71.5 Å². The molecule has 1 aliphatic carbocycles. The van der Waals surface area contributed by atoms with E-state index in [4.69, 9.17) is 5.11 Å². The van der Waals surface area contributed by atoms with Crippen molar-refractivity contribution in [2.75, 3.05) is 0 Å². The lowest BCUT2D eigenvalue weighted by Gasteiger charge is -2.14. The molecule has 1 aliphatic heterocycles. The third kappa shape index (κ3) is 0.937. The van der Waals surface area contributed by atoms with Crippen molar-refractivity contribution in [3.8, 4) is 0 Å². The maximum Gasteiger partial charge on any atom is 0.241 e. The number of nitrogens with one attached hydrogen (secondary N) is 1. The first-order valence-electron chi connectivity index (χ1n) is 4.23. The van der Waals surface area contributed by atoms with Crippen LogP contribution in [-0.2, 0) is 4.79 Å². The fourth-order valence-corrected chi connectivity index (χ4v) is 1.61. The van der Waals surface area contributed by atoms with Gasteiger partial charge in [-0.2, -0.15) is 0 Å². The smallest absolute Gasteiger partial charge is 0.241 e. The van der Waals surface area contributed by atoms with Crippen LogP contribution in [0.3, 0.4) is 0 Å². The van der Waals surface area contributed by atoms with E-state index in [0.717, 1.165) is 11.3 Å². The van der Waals surface area contributed by atoms with Crippen LogP contribution in [0.25, 0.3) is 0 Å². The number of aliphatic hydroxyl groups excluding tert-OH is 2. The minimum atomic E-state index is -0.549. The molecule has 0 amide bonds. The summed E-state index contributed by atoms with van der Waals surface area (Å²) in [6, 6.07) is 0. The van der Waals surface area contributed by atoms with Crippen LogP contribution in [0.15, 0.2) is 34.4 Å². The third-order valence-electron chi connectivity index (χ3n) is 2.30. The van der Waals surface area contributed by atoms with Crippen LogP contribution in [0.5, 0.6) is 0 Å². The molecule has 4 heteroatoms. The van der Waals surface area contributed by atoms with Gasteiger partial charge in [0.25, 0.3) is 0 Å². The highest BCUT2D eigenvalue weighted by atomic mass is 16.3. The van der Waals surface area contributed by atoms with Crippen molar-refractivity contribution in [1.82, 2.24) is 0 Å². The number of Topliss-reactive ketones (excluding diaryl/α,β-unsaturated/α-hetero) is 1. The van der Waals surface area contributed by atoms with Gasteiger partial charge in [-0.25, -0.2) is 4.99 Å². The average Bonchev–Trinajstić information content (AvgIpc) is 2.45. The molecule has 0 saturated carbocycles. The number of hydrogen-bond donors (Lipinski definition) is 3. The summed E-state index contributed by atoms with van der Waals surface area (Å²) in [4.78, 5) is 14.2. The molecule has 3 N–H and O–H groups in total. The summed E-state index contributed by atoms with van der Waals surface area (Å²) < 4.78 is 0. The van der Waals surface area contributed by atoms with Gasteiger partial charge in [-0.3, -0.25) is 4.79 Å². The number of carbonyl (C=O) groups excluding carboxylic acids is 1. The SMILES string of the molecule is CC1=CC(C)=[NH+]C1=C1C(=O)C(O)=C1O. The zero-order chi connectivity index (χ0) is 10.5. The molecule has 0 radical (unpaired) electrons. The first kappa shape index (κ1) is 8.74. The second kappa shape index (κ2) is 2.57. The molecule has 0 aromatic rings. The summed E-state index contributed by atoms with van der Waals surface area (Å²) in [5, 5.41) is 18.2. The highest BCUT2D eigenvalue weighted by Crippen LogP contribution is 2.29. The normalized spacial score (nSPS) is 26.3. The molecule has 0 fully saturated rings. The molecule has 0 spiro atoms. The Kier molecular flexibility index (Phi) is 1.61. The molecule has 0 bridgehead atoms. The van der Waals surface area contributed by atoms with E-state index in [0.29, 0.717) is 5.70 Å². The highest BCUT2D eigenvalue weighted by Gasteiger charge is 2.40. The zero-order valence-corrected chi connectivity index (χ0v) is 7.88. The molecule has 14 heavy (non-hydrogen) atoms. The Balaban J connectivity index is 2.58. The molecule has 0 atom stereocenters. The molecule has 72 valence electrons. The van der Waals surface area contributed by atoms with Gasteiger partial charge < -0.3 is 10.2 Å². The summed E-state index contributed by atoms with van der Waals surface area (Å²) in [5.74, 6) is -1.38. The minimum absolute atomic E-state index is 0.174. The van der Waals surface area contributed by atoms with Crippen LogP contribution in [-0.4, -0.2) is 21.7 Å². The molecule has 0 aromatic heterocycles. The van der Waals surface area contributed by atoms with E-state index in [1.54, 1.807) is 0 Å². The molecule has 0 aromatic carbocycles. The molecule has 2 aliphatic rings. The summed E-state index contributed by atoms with van der Waals surface area (Å²) in [6.07, 6.45) is 1.87. The van der Waals surface area contributed by atoms with E-state index in [1.807, 2.05) is 19.9 Å². The third-order valence-corrected chi connectivity index (χ3v) is 2.30. The largest absolute Gasteiger partial charge is 0.503 e. The van der Waals surface area contributed by atoms with Gasteiger partial charge in [-0.05, 0) is 6.92 Å².